The summed E-state index contributed by atoms with van der Waals surface area (Å²) in [5.41, 5.74) is 5.05. The first kappa shape index (κ1) is 19.8. The summed E-state index contributed by atoms with van der Waals surface area (Å²) in [4.78, 5) is 15.0. The Morgan fingerprint density at radius 3 is 2.55 bits per heavy atom. The summed E-state index contributed by atoms with van der Waals surface area (Å²) in [7, 11) is 0. The smallest absolute Gasteiger partial charge is 0.261 e. The fourth-order valence-corrected chi connectivity index (χ4v) is 4.41. The first-order valence-corrected chi connectivity index (χ1v) is 11.1. The fourth-order valence-electron chi connectivity index (χ4n) is 4.41. The Balaban J connectivity index is 1.30. The van der Waals surface area contributed by atoms with Crippen LogP contribution >= 0.6 is 0 Å². The Labute approximate surface area is 174 Å². The Hall–Kier alpha value is -2.49. The number of hydrogen-bond donors (Lipinski definition) is 1. The lowest BCUT2D eigenvalue weighted by molar-refractivity contribution is -0.127. The van der Waals surface area contributed by atoms with Gasteiger partial charge >= 0.3 is 0 Å². The first-order chi connectivity index (χ1) is 14.2. The average molecular weight is 393 g/mol. The molecule has 4 rings (SSSR count). The molecule has 1 fully saturated rings. The van der Waals surface area contributed by atoms with E-state index in [1.807, 2.05) is 19.1 Å². The van der Waals surface area contributed by atoms with Gasteiger partial charge in [0.05, 0.1) is 0 Å². The number of rotatable bonds is 6. The lowest BCUT2D eigenvalue weighted by atomic mass is 9.91. The fraction of sp³-hybridized carbons (Fsp3) is 0.480. The molecule has 1 unspecified atom stereocenters. The highest BCUT2D eigenvalue weighted by Gasteiger charge is 2.19. The molecule has 0 aromatic heterocycles. The van der Waals surface area contributed by atoms with Gasteiger partial charge in [-0.1, -0.05) is 24.3 Å². The van der Waals surface area contributed by atoms with E-state index in [0.29, 0.717) is 6.54 Å². The van der Waals surface area contributed by atoms with E-state index in [0.717, 1.165) is 37.2 Å². The number of aryl methyl sites for hydroxylation is 1. The largest absolute Gasteiger partial charge is 0.481 e. The van der Waals surface area contributed by atoms with Crippen LogP contribution < -0.4 is 15.0 Å². The highest BCUT2D eigenvalue weighted by Crippen LogP contribution is 2.30. The van der Waals surface area contributed by atoms with Gasteiger partial charge in [-0.05, 0) is 86.8 Å². The van der Waals surface area contributed by atoms with Gasteiger partial charge in [-0.15, -0.1) is 0 Å². The van der Waals surface area contributed by atoms with Gasteiger partial charge in [-0.25, -0.2) is 0 Å². The maximum Gasteiger partial charge on any atom is 0.261 e. The molecule has 1 atom stereocenters. The van der Waals surface area contributed by atoms with E-state index >= 15 is 0 Å². The van der Waals surface area contributed by atoms with Crippen molar-refractivity contribution in [1.82, 2.24) is 5.32 Å². The van der Waals surface area contributed by atoms with Gasteiger partial charge in [-0.2, -0.15) is 0 Å². The van der Waals surface area contributed by atoms with Gasteiger partial charge in [0, 0.05) is 25.3 Å². The Bertz CT molecular complexity index is 825. The van der Waals surface area contributed by atoms with Crippen LogP contribution in [0.4, 0.5) is 5.69 Å². The molecule has 2 aromatic rings. The molecule has 0 bridgehead atoms. The number of hydrogen-bond acceptors (Lipinski definition) is 3. The van der Waals surface area contributed by atoms with E-state index in [2.05, 4.69) is 40.5 Å². The molecule has 4 nitrogen and oxygen atoms in total. The number of nitrogens with zero attached hydrogens (tertiary/aromatic N) is 1. The minimum atomic E-state index is -0.504. The van der Waals surface area contributed by atoms with Crippen molar-refractivity contribution in [3.63, 3.8) is 0 Å². The van der Waals surface area contributed by atoms with Gasteiger partial charge in [0.1, 0.15) is 5.75 Å². The van der Waals surface area contributed by atoms with Crippen molar-refractivity contribution >= 4 is 11.6 Å². The van der Waals surface area contributed by atoms with Gasteiger partial charge in [0.2, 0.25) is 0 Å². The second kappa shape index (κ2) is 9.34. The molecule has 1 aliphatic heterocycles. The summed E-state index contributed by atoms with van der Waals surface area (Å²) in [5, 5.41) is 3.02. The molecule has 0 saturated carbocycles. The van der Waals surface area contributed by atoms with Crippen LogP contribution in [0, 0.1) is 0 Å². The zero-order chi connectivity index (χ0) is 20.1. The molecular weight excluding hydrogens is 360 g/mol. The highest BCUT2D eigenvalue weighted by molar-refractivity contribution is 5.80. The van der Waals surface area contributed by atoms with E-state index in [1.165, 1.54) is 48.9 Å². The third kappa shape index (κ3) is 4.92. The van der Waals surface area contributed by atoms with Crippen molar-refractivity contribution in [2.45, 2.75) is 64.5 Å². The molecule has 1 amide bonds. The number of anilines is 1. The molecule has 1 N–H and O–H groups in total. The molecule has 4 heteroatoms. The molecule has 2 aliphatic rings. The van der Waals surface area contributed by atoms with E-state index in [1.54, 1.807) is 0 Å². The summed E-state index contributed by atoms with van der Waals surface area (Å²) < 4.78 is 6.04. The molecule has 2 aromatic carbocycles. The topological polar surface area (TPSA) is 41.6 Å². The van der Waals surface area contributed by atoms with E-state index < -0.39 is 6.10 Å². The second-order valence-electron chi connectivity index (χ2n) is 8.29. The molecule has 29 heavy (non-hydrogen) atoms. The molecule has 1 heterocycles. The third-order valence-electron chi connectivity index (χ3n) is 6.15. The number of benzene rings is 2. The number of ether oxygens (including phenoxy) is 1. The van der Waals surface area contributed by atoms with Crippen LogP contribution in [0.25, 0.3) is 0 Å². The molecular formula is C25H32N2O2. The highest BCUT2D eigenvalue weighted by atomic mass is 16.5. The SMILES string of the molecule is CC(Oc1cccc2c1CCCC2)C(=O)NCc1ccc(N2CCCCC2)cc1. The van der Waals surface area contributed by atoms with Crippen LogP contribution in [0.1, 0.15) is 55.7 Å². The van der Waals surface area contributed by atoms with Crippen LogP contribution in [0.5, 0.6) is 5.75 Å². The predicted octanol–water partition coefficient (Wildman–Crippen LogP) is 4.64. The standard InChI is InChI=1S/C25H32N2O2/c1-19(29-24-11-7-9-21-8-3-4-10-23(21)24)25(28)26-18-20-12-14-22(15-13-20)27-16-5-2-6-17-27/h7,9,11-15,19H,2-6,8,10,16-18H2,1H3,(H,26,28). The lowest BCUT2D eigenvalue weighted by Gasteiger charge is -2.28. The van der Waals surface area contributed by atoms with Crippen LogP contribution in [0.2, 0.25) is 0 Å². The zero-order valence-corrected chi connectivity index (χ0v) is 17.5. The summed E-state index contributed by atoms with van der Waals surface area (Å²) in [6, 6.07) is 14.8. The van der Waals surface area contributed by atoms with Crippen LogP contribution in [-0.4, -0.2) is 25.1 Å². The molecule has 1 aliphatic carbocycles. The maximum atomic E-state index is 12.6. The number of piperidine rings is 1. The average Bonchev–Trinajstić information content (AvgIpc) is 2.78. The zero-order valence-electron chi connectivity index (χ0n) is 17.5. The van der Waals surface area contributed by atoms with Crippen molar-refractivity contribution in [2.75, 3.05) is 18.0 Å². The summed E-state index contributed by atoms with van der Waals surface area (Å²) >= 11 is 0. The van der Waals surface area contributed by atoms with Crippen LogP contribution in [0.3, 0.4) is 0 Å². The third-order valence-corrected chi connectivity index (χ3v) is 6.15. The van der Waals surface area contributed by atoms with E-state index in [-0.39, 0.29) is 5.91 Å². The number of carbonyl (C=O) groups excluding carboxylic acids is 1. The van der Waals surface area contributed by atoms with E-state index in [4.69, 9.17) is 4.74 Å². The van der Waals surface area contributed by atoms with Gasteiger partial charge < -0.3 is 15.0 Å². The quantitative estimate of drug-likeness (QED) is 0.779. The second-order valence-corrected chi connectivity index (χ2v) is 8.29. The lowest BCUT2D eigenvalue weighted by Crippen LogP contribution is -2.36. The summed E-state index contributed by atoms with van der Waals surface area (Å²) in [6.45, 7) is 4.65. The minimum Gasteiger partial charge on any atom is -0.481 e. The summed E-state index contributed by atoms with van der Waals surface area (Å²) in [6.07, 6.45) is 7.98. The Morgan fingerprint density at radius 1 is 1.00 bits per heavy atom. The van der Waals surface area contributed by atoms with Gasteiger partial charge in [0.25, 0.3) is 5.91 Å². The normalized spacial score (nSPS) is 17.3. The first-order valence-electron chi connectivity index (χ1n) is 11.1. The minimum absolute atomic E-state index is 0.0708. The van der Waals surface area contributed by atoms with Crippen molar-refractivity contribution in [1.29, 1.82) is 0 Å². The number of carbonyl (C=O) groups is 1. The van der Waals surface area contributed by atoms with Crippen LogP contribution in [0.15, 0.2) is 42.5 Å². The molecule has 0 spiro atoms. The van der Waals surface area contributed by atoms with Crippen LogP contribution in [-0.2, 0) is 24.2 Å². The van der Waals surface area contributed by atoms with Gasteiger partial charge in [0.15, 0.2) is 6.10 Å². The predicted molar refractivity (Wildman–Crippen MR) is 118 cm³/mol. The molecule has 0 radical (unpaired) electrons. The molecule has 1 saturated heterocycles. The van der Waals surface area contributed by atoms with E-state index in [9.17, 15) is 4.79 Å². The number of amides is 1. The Kier molecular flexibility index (Phi) is 6.38. The van der Waals surface area contributed by atoms with Crippen molar-refractivity contribution in [3.8, 4) is 5.75 Å². The maximum absolute atomic E-state index is 12.6. The Morgan fingerprint density at radius 2 is 1.76 bits per heavy atom. The summed E-state index contributed by atoms with van der Waals surface area (Å²) in [5.74, 6) is 0.800. The monoisotopic (exact) mass is 392 g/mol. The van der Waals surface area contributed by atoms with Crippen molar-refractivity contribution in [3.05, 3.63) is 59.2 Å². The molecule has 154 valence electrons. The number of fused-ring (bicyclic) bond motifs is 1. The van der Waals surface area contributed by atoms with Crippen molar-refractivity contribution < 1.29 is 9.53 Å². The van der Waals surface area contributed by atoms with Crippen molar-refractivity contribution in [2.24, 2.45) is 0 Å². The number of nitrogens with one attached hydrogen (secondary N) is 1. The van der Waals surface area contributed by atoms with Gasteiger partial charge in [-0.3, -0.25) is 4.79 Å².